The van der Waals surface area contributed by atoms with E-state index >= 15 is 0 Å². The number of carbonyl (C=O) groups is 1. The highest BCUT2D eigenvalue weighted by Crippen LogP contribution is 2.31. The lowest BCUT2D eigenvalue weighted by molar-refractivity contribution is -0.137. The Hall–Kier alpha value is -1.80. The number of aliphatic hydroxyl groups is 1. The van der Waals surface area contributed by atoms with Crippen LogP contribution in [0.3, 0.4) is 0 Å². The van der Waals surface area contributed by atoms with E-state index in [4.69, 9.17) is 4.74 Å². The van der Waals surface area contributed by atoms with Gasteiger partial charge >= 0.3 is 6.18 Å². The third-order valence-electron chi connectivity index (χ3n) is 3.73. The van der Waals surface area contributed by atoms with Crippen molar-refractivity contribution in [1.29, 1.82) is 0 Å². The summed E-state index contributed by atoms with van der Waals surface area (Å²) in [4.78, 5) is 11.7. The van der Waals surface area contributed by atoms with Crippen molar-refractivity contribution < 1.29 is 27.8 Å². The van der Waals surface area contributed by atoms with Crippen molar-refractivity contribution in [1.82, 2.24) is 10.6 Å². The number of aliphatic hydroxyl groups excluding tert-OH is 1. The summed E-state index contributed by atoms with van der Waals surface area (Å²) >= 11 is 0. The average molecular weight is 346 g/mol. The molecule has 1 amide bonds. The van der Waals surface area contributed by atoms with E-state index < -0.39 is 17.8 Å². The van der Waals surface area contributed by atoms with Crippen LogP contribution in [0.1, 0.15) is 24.8 Å². The van der Waals surface area contributed by atoms with Gasteiger partial charge in [0.25, 0.3) is 0 Å². The van der Waals surface area contributed by atoms with Crippen LogP contribution in [0, 0.1) is 0 Å². The van der Waals surface area contributed by atoms with Gasteiger partial charge in [0.05, 0.1) is 5.56 Å². The van der Waals surface area contributed by atoms with Gasteiger partial charge in [0.2, 0.25) is 5.91 Å². The van der Waals surface area contributed by atoms with Crippen LogP contribution in [0.4, 0.5) is 13.2 Å². The van der Waals surface area contributed by atoms with Gasteiger partial charge in [0.15, 0.2) is 0 Å². The van der Waals surface area contributed by atoms with E-state index in [1.54, 1.807) is 0 Å². The third-order valence-corrected chi connectivity index (χ3v) is 3.73. The molecule has 1 saturated heterocycles. The molecule has 0 aliphatic carbocycles. The molecule has 1 aliphatic rings. The first kappa shape index (κ1) is 18.5. The first-order chi connectivity index (χ1) is 11.3. The Morgan fingerprint density at radius 1 is 1.46 bits per heavy atom. The molecule has 0 radical (unpaired) electrons. The van der Waals surface area contributed by atoms with Crippen LogP contribution in [0.15, 0.2) is 24.3 Å². The molecule has 0 aromatic heterocycles. The zero-order valence-electron chi connectivity index (χ0n) is 13.1. The summed E-state index contributed by atoms with van der Waals surface area (Å²) in [6.07, 6.45) is -3.10. The molecule has 2 rings (SSSR count). The van der Waals surface area contributed by atoms with E-state index in [9.17, 15) is 23.1 Å². The number of nitrogens with one attached hydrogen (secondary N) is 2. The number of rotatable bonds is 7. The first-order valence-electron chi connectivity index (χ1n) is 7.83. The fourth-order valence-electron chi connectivity index (χ4n) is 2.47. The van der Waals surface area contributed by atoms with Crippen LogP contribution in [0.25, 0.3) is 0 Å². The largest absolute Gasteiger partial charge is 0.491 e. The highest BCUT2D eigenvalue weighted by molar-refractivity contribution is 5.76. The zero-order chi connectivity index (χ0) is 17.6. The summed E-state index contributed by atoms with van der Waals surface area (Å²) in [6, 6.07) is 4.61. The molecule has 0 spiro atoms. The maximum atomic E-state index is 12.6. The molecule has 1 aliphatic heterocycles. The van der Waals surface area contributed by atoms with Gasteiger partial charge in [-0.05, 0) is 37.6 Å². The number of carbonyl (C=O) groups excluding carboxylic acids is 1. The summed E-state index contributed by atoms with van der Waals surface area (Å²) < 4.78 is 42.9. The SMILES string of the molecule is O=C(CC1CCCN1)NCC(O)COc1cccc(C(F)(F)F)c1. The van der Waals surface area contributed by atoms with Crippen molar-refractivity contribution in [2.75, 3.05) is 19.7 Å². The first-order valence-corrected chi connectivity index (χ1v) is 7.83. The second kappa shape index (κ2) is 8.34. The summed E-state index contributed by atoms with van der Waals surface area (Å²) in [6.45, 7) is 0.694. The van der Waals surface area contributed by atoms with Gasteiger partial charge in [-0.3, -0.25) is 4.79 Å². The molecule has 1 aromatic carbocycles. The molecule has 8 heteroatoms. The lowest BCUT2D eigenvalue weighted by atomic mass is 10.1. The minimum Gasteiger partial charge on any atom is -0.491 e. The Morgan fingerprint density at radius 3 is 2.92 bits per heavy atom. The minimum atomic E-state index is -4.44. The molecular formula is C16H21F3N2O3. The Labute approximate surface area is 138 Å². The zero-order valence-corrected chi connectivity index (χ0v) is 13.1. The number of amides is 1. The minimum absolute atomic E-state index is 0.00941. The molecule has 5 nitrogen and oxygen atoms in total. The van der Waals surface area contributed by atoms with Gasteiger partial charge in [-0.25, -0.2) is 0 Å². The smallest absolute Gasteiger partial charge is 0.416 e. The Bertz CT molecular complexity index is 546. The van der Waals surface area contributed by atoms with Crippen molar-refractivity contribution in [2.45, 2.75) is 37.6 Å². The van der Waals surface area contributed by atoms with Gasteiger partial charge in [0, 0.05) is 19.0 Å². The average Bonchev–Trinajstić information content (AvgIpc) is 3.03. The standard InChI is InChI=1S/C16H21F3N2O3/c17-16(18,19)11-3-1-5-14(7-11)24-10-13(22)9-21-15(23)8-12-4-2-6-20-12/h1,3,5,7,12-13,20,22H,2,4,6,8-10H2,(H,21,23). The molecular weight excluding hydrogens is 325 g/mol. The normalized spacial score (nSPS) is 19.1. The summed E-state index contributed by atoms with van der Waals surface area (Å²) in [5.41, 5.74) is -0.813. The molecule has 3 N–H and O–H groups in total. The Morgan fingerprint density at radius 2 is 2.25 bits per heavy atom. The quantitative estimate of drug-likeness (QED) is 0.703. The van der Waals surface area contributed by atoms with Crippen LogP contribution < -0.4 is 15.4 Å². The Balaban J connectivity index is 1.71. The molecule has 134 valence electrons. The third kappa shape index (κ3) is 6.01. The van der Waals surface area contributed by atoms with Crippen LogP contribution in [-0.4, -0.2) is 42.9 Å². The van der Waals surface area contributed by atoms with Crippen molar-refractivity contribution in [2.24, 2.45) is 0 Å². The predicted octanol–water partition coefficient (Wildman–Crippen LogP) is 1.70. The summed E-state index contributed by atoms with van der Waals surface area (Å²) in [5.74, 6) is -0.155. The van der Waals surface area contributed by atoms with E-state index in [0.717, 1.165) is 31.5 Å². The van der Waals surface area contributed by atoms with Crippen molar-refractivity contribution in [3.05, 3.63) is 29.8 Å². The number of halogens is 3. The second-order valence-electron chi connectivity index (χ2n) is 5.79. The van der Waals surface area contributed by atoms with Crippen LogP contribution >= 0.6 is 0 Å². The molecule has 2 unspecified atom stereocenters. The molecule has 0 bridgehead atoms. The fraction of sp³-hybridized carbons (Fsp3) is 0.562. The lowest BCUT2D eigenvalue weighted by Crippen LogP contribution is -2.38. The van der Waals surface area contributed by atoms with Crippen molar-refractivity contribution in [3.8, 4) is 5.75 Å². The maximum absolute atomic E-state index is 12.6. The fourth-order valence-corrected chi connectivity index (χ4v) is 2.47. The van der Waals surface area contributed by atoms with Gasteiger partial charge in [0.1, 0.15) is 18.5 Å². The Kier molecular flexibility index (Phi) is 6.44. The predicted molar refractivity (Wildman–Crippen MR) is 81.6 cm³/mol. The summed E-state index contributed by atoms with van der Waals surface area (Å²) in [7, 11) is 0. The molecule has 24 heavy (non-hydrogen) atoms. The lowest BCUT2D eigenvalue weighted by Gasteiger charge is -2.15. The molecule has 1 fully saturated rings. The van der Waals surface area contributed by atoms with Gasteiger partial charge < -0.3 is 20.5 Å². The number of benzene rings is 1. The summed E-state index contributed by atoms with van der Waals surface area (Å²) in [5, 5.41) is 15.6. The maximum Gasteiger partial charge on any atom is 0.416 e. The molecule has 1 heterocycles. The van der Waals surface area contributed by atoms with Crippen LogP contribution in [-0.2, 0) is 11.0 Å². The van der Waals surface area contributed by atoms with E-state index in [2.05, 4.69) is 10.6 Å². The van der Waals surface area contributed by atoms with Gasteiger partial charge in [-0.1, -0.05) is 6.07 Å². The molecule has 0 saturated carbocycles. The topological polar surface area (TPSA) is 70.6 Å². The number of alkyl halides is 3. The van der Waals surface area contributed by atoms with Crippen LogP contribution in [0.2, 0.25) is 0 Å². The number of hydrogen-bond acceptors (Lipinski definition) is 4. The second-order valence-corrected chi connectivity index (χ2v) is 5.79. The van der Waals surface area contributed by atoms with E-state index in [1.165, 1.54) is 12.1 Å². The highest BCUT2D eigenvalue weighted by Gasteiger charge is 2.30. The van der Waals surface area contributed by atoms with Crippen LogP contribution in [0.5, 0.6) is 5.75 Å². The van der Waals surface area contributed by atoms with Gasteiger partial charge in [-0.2, -0.15) is 13.2 Å². The number of ether oxygens (including phenoxy) is 1. The molecule has 2 atom stereocenters. The van der Waals surface area contributed by atoms with E-state index in [1.807, 2.05) is 0 Å². The monoisotopic (exact) mass is 346 g/mol. The van der Waals surface area contributed by atoms with E-state index in [0.29, 0.717) is 6.42 Å². The van der Waals surface area contributed by atoms with Crippen molar-refractivity contribution >= 4 is 5.91 Å². The molecule has 1 aromatic rings. The number of hydrogen-bond donors (Lipinski definition) is 3. The van der Waals surface area contributed by atoms with Gasteiger partial charge in [-0.15, -0.1) is 0 Å². The highest BCUT2D eigenvalue weighted by atomic mass is 19.4. The van der Waals surface area contributed by atoms with Crippen molar-refractivity contribution in [3.63, 3.8) is 0 Å². The van der Waals surface area contributed by atoms with E-state index in [-0.39, 0.29) is 30.9 Å².